The Kier molecular flexibility index (Phi) is 6.51. The molecule has 5 rings (SSSR count). The maximum Gasteiger partial charge on any atom is 0.419 e. The minimum Gasteiger partial charge on any atom is -0.346 e. The fourth-order valence-corrected chi connectivity index (χ4v) is 5.15. The van der Waals surface area contributed by atoms with Crippen LogP contribution >= 0.6 is 12.2 Å². The fraction of sp³-hybridized carbons (Fsp3) is 0.231. The van der Waals surface area contributed by atoms with E-state index in [9.17, 15) is 22.8 Å². The van der Waals surface area contributed by atoms with Crippen molar-refractivity contribution in [1.29, 1.82) is 5.26 Å². The number of rotatable bonds is 5. The van der Waals surface area contributed by atoms with Crippen LogP contribution in [0.3, 0.4) is 0 Å². The normalized spacial score (nSPS) is 16.3. The van der Waals surface area contributed by atoms with Gasteiger partial charge in [-0.1, -0.05) is 6.07 Å². The second-order valence-corrected chi connectivity index (χ2v) is 9.38. The number of nitrogens with zero attached hydrogens (tertiary/aromatic N) is 5. The van der Waals surface area contributed by atoms with Gasteiger partial charge in [0, 0.05) is 11.9 Å². The molecule has 2 amide bonds. The summed E-state index contributed by atoms with van der Waals surface area (Å²) in [5.41, 5.74) is -3.08. The molecule has 3 aromatic rings. The molecule has 198 valence electrons. The van der Waals surface area contributed by atoms with Gasteiger partial charge in [0.15, 0.2) is 10.8 Å². The number of anilines is 2. The molecule has 1 aliphatic heterocycles. The molecule has 2 aliphatic rings. The minimum atomic E-state index is -4.89. The van der Waals surface area contributed by atoms with Crippen molar-refractivity contribution in [2.75, 3.05) is 9.80 Å². The summed E-state index contributed by atoms with van der Waals surface area (Å²) in [4.78, 5) is 36.2. The van der Waals surface area contributed by atoms with Gasteiger partial charge in [0.2, 0.25) is 0 Å². The molecule has 3 heterocycles. The van der Waals surface area contributed by atoms with Crippen LogP contribution in [-0.4, -0.2) is 32.4 Å². The Morgan fingerprint density at radius 1 is 1.15 bits per heavy atom. The Morgan fingerprint density at radius 2 is 1.92 bits per heavy atom. The van der Waals surface area contributed by atoms with Gasteiger partial charge >= 0.3 is 6.18 Å². The summed E-state index contributed by atoms with van der Waals surface area (Å²) in [6, 6.07) is 11.0. The van der Waals surface area contributed by atoms with Crippen LogP contribution in [0.1, 0.15) is 46.6 Å². The highest BCUT2D eigenvalue weighted by molar-refractivity contribution is 7.81. The number of nitrogens with one attached hydrogen (secondary N) is 1. The molecule has 1 N–H and O–H groups in total. The number of hydrogen-bond donors (Lipinski definition) is 1. The Morgan fingerprint density at radius 3 is 2.51 bits per heavy atom. The first-order valence-electron chi connectivity index (χ1n) is 11.7. The molecular formula is C26H18F4N6O2S. The molecule has 8 nitrogen and oxygen atoms in total. The zero-order valence-electron chi connectivity index (χ0n) is 20.0. The molecule has 1 saturated carbocycles. The lowest BCUT2D eigenvalue weighted by atomic mass is 9.75. The zero-order valence-corrected chi connectivity index (χ0v) is 20.8. The number of thiocarbonyl (C=S) groups is 1. The van der Waals surface area contributed by atoms with Crippen LogP contribution in [-0.2, 0) is 17.5 Å². The predicted molar refractivity (Wildman–Crippen MR) is 135 cm³/mol. The minimum absolute atomic E-state index is 0.0855. The highest BCUT2D eigenvalue weighted by Gasteiger charge is 2.60. The molecule has 13 heteroatoms. The average Bonchev–Trinajstić information content (AvgIpc) is 3.13. The summed E-state index contributed by atoms with van der Waals surface area (Å²) >= 11 is 5.52. The summed E-state index contributed by atoms with van der Waals surface area (Å²) in [5.74, 6) is -2.11. The number of benzene rings is 1. The highest BCUT2D eigenvalue weighted by Crippen LogP contribution is 2.48. The van der Waals surface area contributed by atoms with Gasteiger partial charge in [-0.2, -0.15) is 18.4 Å². The lowest BCUT2D eigenvalue weighted by molar-refractivity contribution is -0.138. The van der Waals surface area contributed by atoms with E-state index in [0.29, 0.717) is 31.0 Å². The van der Waals surface area contributed by atoms with Crippen molar-refractivity contribution in [3.63, 3.8) is 0 Å². The Labute approximate surface area is 224 Å². The molecule has 1 aliphatic carbocycles. The first-order valence-corrected chi connectivity index (χ1v) is 12.1. The van der Waals surface area contributed by atoms with E-state index < -0.39 is 40.6 Å². The van der Waals surface area contributed by atoms with Crippen LogP contribution in [0.15, 0.2) is 54.9 Å². The van der Waals surface area contributed by atoms with Crippen molar-refractivity contribution in [2.45, 2.75) is 37.5 Å². The van der Waals surface area contributed by atoms with Crippen molar-refractivity contribution in [2.24, 2.45) is 0 Å². The van der Waals surface area contributed by atoms with Gasteiger partial charge in [-0.25, -0.2) is 9.37 Å². The van der Waals surface area contributed by atoms with Crippen LogP contribution in [0.5, 0.6) is 0 Å². The van der Waals surface area contributed by atoms with Crippen molar-refractivity contribution < 1.29 is 27.2 Å². The number of alkyl halides is 3. The van der Waals surface area contributed by atoms with Crippen molar-refractivity contribution in [3.05, 3.63) is 83.2 Å². The smallest absolute Gasteiger partial charge is 0.346 e. The maximum atomic E-state index is 15.2. The van der Waals surface area contributed by atoms with E-state index in [4.69, 9.17) is 17.5 Å². The van der Waals surface area contributed by atoms with Gasteiger partial charge in [-0.05, 0) is 67.9 Å². The molecule has 0 bridgehead atoms. The fourth-order valence-electron chi connectivity index (χ4n) is 4.69. The van der Waals surface area contributed by atoms with Crippen LogP contribution in [0.4, 0.5) is 28.9 Å². The van der Waals surface area contributed by atoms with Crippen LogP contribution < -0.4 is 15.1 Å². The summed E-state index contributed by atoms with van der Waals surface area (Å²) in [7, 11) is 0. The number of aromatic nitrogens is 2. The second kappa shape index (κ2) is 9.70. The van der Waals surface area contributed by atoms with E-state index >= 15 is 4.39 Å². The summed E-state index contributed by atoms with van der Waals surface area (Å²) in [6.07, 6.45) is -1.02. The third-order valence-corrected chi connectivity index (χ3v) is 7.11. The van der Waals surface area contributed by atoms with Gasteiger partial charge in [0.05, 0.1) is 35.2 Å². The topological polar surface area (TPSA) is 102 Å². The third kappa shape index (κ3) is 4.46. The van der Waals surface area contributed by atoms with E-state index in [0.717, 1.165) is 17.2 Å². The average molecular weight is 555 g/mol. The van der Waals surface area contributed by atoms with Crippen molar-refractivity contribution >= 4 is 40.5 Å². The van der Waals surface area contributed by atoms with Gasteiger partial charge in [0.1, 0.15) is 17.4 Å². The first-order chi connectivity index (χ1) is 18.6. The van der Waals surface area contributed by atoms with E-state index in [1.807, 2.05) is 0 Å². The Balaban J connectivity index is 1.46. The number of carbonyl (C=O) groups excluding carboxylic acids is 2. The highest BCUT2D eigenvalue weighted by atomic mass is 32.1. The molecule has 39 heavy (non-hydrogen) atoms. The maximum absolute atomic E-state index is 15.2. The SMILES string of the molecule is N#Cc1ncc(N2C(=O)C3(CCC3)N(c3ccc(C(=O)NCc4ccccn4)c(F)c3)C2=S)cc1C(F)(F)F. The van der Waals surface area contributed by atoms with Crippen LogP contribution in [0.2, 0.25) is 0 Å². The summed E-state index contributed by atoms with van der Waals surface area (Å²) in [5, 5.41) is 11.5. The first kappa shape index (κ1) is 26.2. The quantitative estimate of drug-likeness (QED) is 0.366. The monoisotopic (exact) mass is 554 g/mol. The molecular weight excluding hydrogens is 536 g/mol. The van der Waals surface area contributed by atoms with E-state index in [2.05, 4.69) is 15.3 Å². The van der Waals surface area contributed by atoms with Gasteiger partial charge < -0.3 is 10.2 Å². The third-order valence-electron chi connectivity index (χ3n) is 6.75. The van der Waals surface area contributed by atoms with E-state index in [1.165, 1.54) is 23.1 Å². The standard InChI is InChI=1S/C26H18F4N6O2S/c27-20-11-16(5-6-18(20)22(37)34-13-15-4-1-2-9-32-15)36-24(39)35(23(38)25(36)7-3-8-25)17-10-19(26(28,29)30)21(12-31)33-14-17/h1-2,4-6,9-11,14H,3,7-8,13H2,(H,34,37). The predicted octanol–water partition coefficient (Wildman–Crippen LogP) is 4.50. The van der Waals surface area contributed by atoms with Gasteiger partial charge in [0.25, 0.3) is 11.8 Å². The molecule has 1 spiro atoms. The molecule has 0 radical (unpaired) electrons. The molecule has 1 aromatic carbocycles. The molecule has 2 aromatic heterocycles. The lowest BCUT2D eigenvalue weighted by Gasteiger charge is -2.43. The Bertz CT molecular complexity index is 1540. The van der Waals surface area contributed by atoms with Crippen LogP contribution in [0, 0.1) is 17.1 Å². The van der Waals surface area contributed by atoms with E-state index in [-0.39, 0.29) is 28.6 Å². The van der Waals surface area contributed by atoms with Crippen molar-refractivity contribution in [3.8, 4) is 6.07 Å². The van der Waals surface area contributed by atoms with E-state index in [1.54, 1.807) is 24.4 Å². The number of nitriles is 1. The van der Waals surface area contributed by atoms with Gasteiger partial charge in [-0.3, -0.25) is 19.5 Å². The Hall–Kier alpha value is -4.44. The number of carbonyl (C=O) groups is 2. The van der Waals surface area contributed by atoms with Crippen LogP contribution in [0.25, 0.3) is 0 Å². The second-order valence-electron chi connectivity index (χ2n) is 9.01. The zero-order chi connectivity index (χ0) is 27.9. The van der Waals surface area contributed by atoms with Gasteiger partial charge in [-0.15, -0.1) is 0 Å². The van der Waals surface area contributed by atoms with Crippen molar-refractivity contribution in [1.82, 2.24) is 15.3 Å². The number of hydrogen-bond acceptors (Lipinski definition) is 6. The lowest BCUT2D eigenvalue weighted by Crippen LogP contribution is -2.55. The number of halogens is 4. The molecule has 2 fully saturated rings. The molecule has 0 unspecified atom stereocenters. The molecule has 0 atom stereocenters. The summed E-state index contributed by atoms with van der Waals surface area (Å²) < 4.78 is 55.8. The number of amides is 2. The molecule has 1 saturated heterocycles. The summed E-state index contributed by atoms with van der Waals surface area (Å²) in [6.45, 7) is 0.0855. The largest absolute Gasteiger partial charge is 0.419 e. The number of pyridine rings is 2.